The molecule has 0 saturated heterocycles. The maximum absolute atomic E-state index is 10.6. The Kier molecular flexibility index (Phi) is 27.0. The highest BCUT2D eigenvalue weighted by Gasteiger charge is 1.94. The molecule has 0 atom stereocenters. The Morgan fingerprint density at radius 3 is 1.64 bits per heavy atom. The topological polar surface area (TPSA) is 148 Å². The lowest BCUT2D eigenvalue weighted by Crippen LogP contribution is -2.27. The summed E-state index contributed by atoms with van der Waals surface area (Å²) >= 11 is 10.6. The molecule has 0 radical (unpaired) electrons. The number of carboxylic acids is 2. The highest BCUT2D eigenvalue weighted by atomic mass is 32.1. The van der Waals surface area contributed by atoms with Gasteiger partial charge in [0.1, 0.15) is 6.73 Å². The van der Waals surface area contributed by atoms with Crippen molar-refractivity contribution >= 4 is 55.7 Å². The summed E-state index contributed by atoms with van der Waals surface area (Å²) in [6.45, 7) is 1.23. The summed E-state index contributed by atoms with van der Waals surface area (Å²) < 4.78 is 9.75. The number of hydrogen-bond donors (Lipinski definition) is 7. The first-order valence-corrected chi connectivity index (χ1v) is 7.63. The maximum Gasteiger partial charge on any atom is 0.313 e. The number of rotatable bonds is 9. The van der Waals surface area contributed by atoms with Crippen molar-refractivity contribution in [2.75, 3.05) is 43.9 Å². The minimum Gasteiger partial charge on any atom is -0.481 e. The molecule has 0 unspecified atom stereocenters. The van der Waals surface area contributed by atoms with Crippen molar-refractivity contribution in [3.05, 3.63) is 0 Å². The molecule has 12 heteroatoms. The van der Waals surface area contributed by atoms with E-state index in [2.05, 4.69) is 43.2 Å². The number of amides is 1. The fraction of sp³-hybridized carbons (Fsp3) is 0.700. The number of hydrogen-bond acceptors (Lipinski definition) is 9. The van der Waals surface area contributed by atoms with Crippen LogP contribution in [0, 0.1) is 0 Å². The summed E-state index contributed by atoms with van der Waals surface area (Å²) in [7, 11) is 0. The normalized spacial score (nSPS) is 8.73. The molecular weight excluding hydrogens is 356 g/mol. The van der Waals surface area contributed by atoms with E-state index in [-0.39, 0.29) is 36.6 Å². The van der Waals surface area contributed by atoms with Crippen LogP contribution in [0.1, 0.15) is 0 Å². The van der Waals surface area contributed by atoms with E-state index in [1.54, 1.807) is 0 Å². The first-order valence-electron chi connectivity index (χ1n) is 5.74. The summed E-state index contributed by atoms with van der Waals surface area (Å²) in [6.07, 6.45) is 0. The Balaban J connectivity index is -0.000000298. The second kappa shape index (κ2) is 22.6. The van der Waals surface area contributed by atoms with Gasteiger partial charge in [0, 0.05) is 0 Å². The summed E-state index contributed by atoms with van der Waals surface area (Å²) in [4.78, 5) is 29.2. The predicted octanol–water partition coefficient (Wildman–Crippen LogP) is -1.06. The van der Waals surface area contributed by atoms with Gasteiger partial charge in [0.15, 0.2) is 0 Å². The second-order valence-electron chi connectivity index (χ2n) is 2.99. The summed E-state index contributed by atoms with van der Waals surface area (Å²) in [5.41, 5.74) is 5.06. The quantitative estimate of drug-likeness (QED) is 0.153. The molecular formula is C10H22N2O7S3. The fourth-order valence-corrected chi connectivity index (χ4v) is 0.573. The van der Waals surface area contributed by atoms with Gasteiger partial charge in [-0.3, -0.25) is 14.4 Å². The zero-order chi connectivity index (χ0) is 17.8. The Morgan fingerprint density at radius 2 is 1.32 bits per heavy atom. The Labute approximate surface area is 145 Å². The largest absolute Gasteiger partial charge is 0.481 e. The summed E-state index contributed by atoms with van der Waals surface area (Å²) in [5, 5.41) is 17.8. The van der Waals surface area contributed by atoms with Crippen LogP contribution in [-0.4, -0.2) is 72.0 Å². The highest BCUT2D eigenvalue weighted by Crippen LogP contribution is 1.76. The van der Waals surface area contributed by atoms with Crippen LogP contribution < -0.4 is 11.1 Å². The first kappa shape index (κ1) is 26.2. The molecule has 9 nitrogen and oxygen atoms in total. The van der Waals surface area contributed by atoms with Gasteiger partial charge in [-0.15, -0.1) is 0 Å². The first-order chi connectivity index (χ1) is 10.3. The van der Waals surface area contributed by atoms with E-state index >= 15 is 0 Å². The van der Waals surface area contributed by atoms with Gasteiger partial charge in [-0.05, 0) is 0 Å². The molecule has 0 aliphatic heterocycles. The standard InChI is InChI=1S/C6H14N2O3S.2C2H4O2S/c7-4-10-1-2-11-5-8-6(9)3-12;2*3-2(4)1-5/h12H,1-5,7H2,(H,8,9);2*5H,1H2,(H,3,4). The van der Waals surface area contributed by atoms with Gasteiger partial charge in [0.05, 0.1) is 37.2 Å². The maximum atomic E-state index is 10.6. The van der Waals surface area contributed by atoms with Crippen LogP contribution in [-0.2, 0) is 23.9 Å². The van der Waals surface area contributed by atoms with Crippen molar-refractivity contribution in [3.63, 3.8) is 0 Å². The number of nitrogens with one attached hydrogen (secondary N) is 1. The van der Waals surface area contributed by atoms with E-state index in [0.29, 0.717) is 13.2 Å². The van der Waals surface area contributed by atoms with Crippen molar-refractivity contribution in [1.29, 1.82) is 0 Å². The molecule has 0 saturated carbocycles. The third-order valence-corrected chi connectivity index (χ3v) is 2.10. The predicted molar refractivity (Wildman–Crippen MR) is 90.8 cm³/mol. The van der Waals surface area contributed by atoms with E-state index in [1.807, 2.05) is 0 Å². The average molecular weight is 378 g/mol. The molecule has 132 valence electrons. The van der Waals surface area contributed by atoms with E-state index < -0.39 is 11.9 Å². The van der Waals surface area contributed by atoms with Crippen LogP contribution in [0.25, 0.3) is 0 Å². The van der Waals surface area contributed by atoms with Crippen molar-refractivity contribution in [2.45, 2.75) is 0 Å². The number of carbonyl (C=O) groups excluding carboxylic acids is 1. The molecule has 0 aliphatic rings. The van der Waals surface area contributed by atoms with Crippen molar-refractivity contribution < 1.29 is 34.1 Å². The third-order valence-electron chi connectivity index (χ3n) is 1.28. The SMILES string of the molecule is NCOCCOCNC(=O)CS.O=C(O)CS.O=C(O)CS. The lowest BCUT2D eigenvalue weighted by Gasteiger charge is -2.04. The number of carbonyl (C=O) groups is 3. The fourth-order valence-electron chi connectivity index (χ4n) is 0.461. The molecule has 0 aromatic carbocycles. The molecule has 0 heterocycles. The zero-order valence-corrected chi connectivity index (χ0v) is 14.5. The molecule has 0 rings (SSSR count). The molecule has 0 fully saturated rings. The molecule has 0 aromatic heterocycles. The van der Waals surface area contributed by atoms with Crippen LogP contribution >= 0.6 is 37.9 Å². The number of ether oxygens (including phenoxy) is 2. The average Bonchev–Trinajstić information content (AvgIpc) is 2.51. The molecule has 0 aromatic rings. The van der Waals surface area contributed by atoms with Crippen LogP contribution in [0.3, 0.4) is 0 Å². The number of thiol groups is 3. The van der Waals surface area contributed by atoms with Crippen LogP contribution in [0.15, 0.2) is 0 Å². The number of carboxylic acid groups (broad SMARTS) is 2. The molecule has 0 bridgehead atoms. The van der Waals surface area contributed by atoms with Crippen molar-refractivity contribution in [3.8, 4) is 0 Å². The van der Waals surface area contributed by atoms with Gasteiger partial charge in [-0.2, -0.15) is 37.9 Å². The van der Waals surface area contributed by atoms with Crippen LogP contribution in [0.2, 0.25) is 0 Å². The zero-order valence-electron chi connectivity index (χ0n) is 11.8. The van der Waals surface area contributed by atoms with E-state index in [0.717, 1.165) is 0 Å². The Bertz CT molecular complexity index is 282. The van der Waals surface area contributed by atoms with Crippen LogP contribution in [0.5, 0.6) is 0 Å². The Hall–Kier alpha value is -0.660. The highest BCUT2D eigenvalue weighted by molar-refractivity contribution is 7.81. The molecule has 1 amide bonds. The van der Waals surface area contributed by atoms with Gasteiger partial charge >= 0.3 is 11.9 Å². The Morgan fingerprint density at radius 1 is 0.909 bits per heavy atom. The summed E-state index contributed by atoms with van der Waals surface area (Å²) in [6, 6.07) is 0. The summed E-state index contributed by atoms with van der Waals surface area (Å²) in [5.74, 6) is -1.91. The minimum atomic E-state index is -0.881. The van der Waals surface area contributed by atoms with Crippen molar-refractivity contribution in [2.24, 2.45) is 5.73 Å². The lowest BCUT2D eigenvalue weighted by molar-refractivity contribution is -0.134. The molecule has 5 N–H and O–H groups in total. The lowest BCUT2D eigenvalue weighted by atomic mass is 10.7. The van der Waals surface area contributed by atoms with Gasteiger partial charge in [-0.25, -0.2) is 0 Å². The molecule has 0 spiro atoms. The van der Waals surface area contributed by atoms with Crippen molar-refractivity contribution in [1.82, 2.24) is 5.32 Å². The van der Waals surface area contributed by atoms with Crippen LogP contribution in [0.4, 0.5) is 0 Å². The van der Waals surface area contributed by atoms with E-state index in [9.17, 15) is 14.4 Å². The number of nitrogens with two attached hydrogens (primary N) is 1. The van der Waals surface area contributed by atoms with E-state index in [4.69, 9.17) is 25.4 Å². The monoisotopic (exact) mass is 378 g/mol. The van der Waals surface area contributed by atoms with Gasteiger partial charge in [-0.1, -0.05) is 0 Å². The second-order valence-corrected chi connectivity index (χ2v) is 3.94. The minimum absolute atomic E-state index is 0.0833. The number of aliphatic carboxylic acids is 2. The molecule has 0 aliphatic carbocycles. The smallest absolute Gasteiger partial charge is 0.313 e. The van der Waals surface area contributed by atoms with E-state index in [1.165, 1.54) is 0 Å². The van der Waals surface area contributed by atoms with Gasteiger partial charge in [0.2, 0.25) is 5.91 Å². The van der Waals surface area contributed by atoms with Gasteiger partial charge in [0.25, 0.3) is 0 Å². The third kappa shape index (κ3) is 36.6. The molecule has 22 heavy (non-hydrogen) atoms. The van der Waals surface area contributed by atoms with Gasteiger partial charge < -0.3 is 30.7 Å².